The van der Waals surface area contributed by atoms with Crippen molar-refractivity contribution in [3.8, 4) is 22.6 Å². The van der Waals surface area contributed by atoms with Crippen molar-refractivity contribution in [2.75, 3.05) is 6.61 Å². The van der Waals surface area contributed by atoms with Crippen molar-refractivity contribution >= 4 is 11.8 Å². The van der Waals surface area contributed by atoms with Crippen molar-refractivity contribution in [2.45, 2.75) is 12.8 Å². The monoisotopic (exact) mass is 444 g/mol. The lowest BCUT2D eigenvalue weighted by Gasteiger charge is -2.12. The van der Waals surface area contributed by atoms with Gasteiger partial charge in [0, 0.05) is 5.56 Å². The van der Waals surface area contributed by atoms with Crippen LogP contribution >= 0.6 is 0 Å². The number of ether oxygens (including phenoxy) is 2. The van der Waals surface area contributed by atoms with Gasteiger partial charge in [-0.1, -0.05) is 60.7 Å². The van der Waals surface area contributed by atoms with E-state index in [1.54, 1.807) is 12.1 Å². The molecular weight excluding hydrogens is 425 g/mol. The first-order valence-corrected chi connectivity index (χ1v) is 9.50. The quantitative estimate of drug-likeness (QED) is 0.540. The lowest BCUT2D eigenvalue weighted by atomic mass is 10.1. The van der Waals surface area contributed by atoms with E-state index in [0.29, 0.717) is 11.3 Å². The Bertz CT molecular complexity index is 1050. The van der Waals surface area contributed by atoms with Crippen LogP contribution in [0.25, 0.3) is 11.1 Å². The molecule has 0 fully saturated rings. The second-order valence-electron chi connectivity index (χ2n) is 6.62. The van der Waals surface area contributed by atoms with Gasteiger partial charge in [-0.3, -0.25) is 20.4 Å². The first-order chi connectivity index (χ1) is 15.3. The molecule has 0 unspecified atom stereocenters. The molecule has 3 rings (SSSR count). The number of benzene rings is 3. The molecule has 0 radical (unpaired) electrons. The van der Waals surface area contributed by atoms with Crippen molar-refractivity contribution in [1.82, 2.24) is 10.9 Å². The van der Waals surface area contributed by atoms with Crippen molar-refractivity contribution in [1.29, 1.82) is 0 Å². The van der Waals surface area contributed by atoms with Crippen LogP contribution in [0, 0.1) is 0 Å². The first-order valence-electron chi connectivity index (χ1n) is 9.50. The predicted molar refractivity (Wildman–Crippen MR) is 110 cm³/mol. The molecule has 0 aliphatic carbocycles. The Morgan fingerprint density at radius 1 is 0.781 bits per heavy atom. The lowest BCUT2D eigenvalue weighted by molar-refractivity contribution is -0.274. The van der Waals surface area contributed by atoms with E-state index in [-0.39, 0.29) is 18.8 Å². The van der Waals surface area contributed by atoms with Gasteiger partial charge in [0.1, 0.15) is 11.5 Å². The maximum absolute atomic E-state index is 12.2. The summed E-state index contributed by atoms with van der Waals surface area (Å²) in [5.74, 6) is -0.994. The molecule has 0 heterocycles. The number of rotatable bonds is 7. The van der Waals surface area contributed by atoms with Gasteiger partial charge in [0.2, 0.25) is 5.91 Å². The van der Waals surface area contributed by atoms with E-state index in [9.17, 15) is 22.8 Å². The number of hydrazine groups is 1. The zero-order chi connectivity index (χ0) is 23.0. The summed E-state index contributed by atoms with van der Waals surface area (Å²) < 4.78 is 45.9. The summed E-state index contributed by atoms with van der Waals surface area (Å²) in [6.45, 7) is -0.326. The molecular formula is C23H19F3N2O4. The van der Waals surface area contributed by atoms with Crippen LogP contribution in [0.1, 0.15) is 5.56 Å². The molecule has 6 nitrogen and oxygen atoms in total. The van der Waals surface area contributed by atoms with Crippen molar-refractivity contribution in [3.63, 3.8) is 0 Å². The fraction of sp³-hybridized carbons (Fsp3) is 0.130. The van der Waals surface area contributed by atoms with Gasteiger partial charge in [-0.2, -0.15) is 0 Å². The zero-order valence-corrected chi connectivity index (χ0v) is 16.7. The number of hydrogen-bond acceptors (Lipinski definition) is 4. The van der Waals surface area contributed by atoms with Crippen LogP contribution in [0.3, 0.4) is 0 Å². The Labute approximate surface area is 181 Å². The van der Waals surface area contributed by atoms with Crippen LogP contribution in [-0.2, 0) is 16.0 Å². The van der Waals surface area contributed by atoms with E-state index in [2.05, 4.69) is 15.6 Å². The molecule has 0 atom stereocenters. The van der Waals surface area contributed by atoms with E-state index in [1.807, 2.05) is 42.5 Å². The Balaban J connectivity index is 1.46. The minimum Gasteiger partial charge on any atom is -0.483 e. The van der Waals surface area contributed by atoms with Gasteiger partial charge in [-0.05, 0) is 29.3 Å². The third-order valence-corrected chi connectivity index (χ3v) is 4.19. The van der Waals surface area contributed by atoms with Crippen LogP contribution in [0.2, 0.25) is 0 Å². The number of amides is 2. The third kappa shape index (κ3) is 7.05. The molecule has 0 saturated heterocycles. The Morgan fingerprint density at radius 3 is 2.09 bits per heavy atom. The lowest BCUT2D eigenvalue weighted by Crippen LogP contribution is -2.44. The molecule has 0 bridgehead atoms. The molecule has 0 saturated carbocycles. The SMILES string of the molecule is O=C(COc1ccccc1-c1ccccc1)NNC(=O)Cc1ccc(OC(F)(F)F)cc1. The van der Waals surface area contributed by atoms with Gasteiger partial charge in [0.25, 0.3) is 5.91 Å². The first kappa shape index (κ1) is 22.7. The smallest absolute Gasteiger partial charge is 0.483 e. The number of hydrogen-bond donors (Lipinski definition) is 2. The number of carbonyl (C=O) groups is 2. The average Bonchev–Trinajstić information content (AvgIpc) is 2.77. The predicted octanol–water partition coefficient (Wildman–Crippen LogP) is 4.02. The Kier molecular flexibility index (Phi) is 7.33. The molecule has 32 heavy (non-hydrogen) atoms. The van der Waals surface area contributed by atoms with Crippen LogP contribution in [0.5, 0.6) is 11.5 Å². The van der Waals surface area contributed by atoms with Crippen molar-refractivity contribution in [2.24, 2.45) is 0 Å². The van der Waals surface area contributed by atoms with Gasteiger partial charge in [-0.25, -0.2) is 0 Å². The van der Waals surface area contributed by atoms with Gasteiger partial charge >= 0.3 is 6.36 Å². The average molecular weight is 444 g/mol. The molecule has 2 N–H and O–H groups in total. The molecule has 3 aromatic rings. The molecule has 166 valence electrons. The minimum atomic E-state index is -4.78. The highest BCUT2D eigenvalue weighted by atomic mass is 19.4. The van der Waals surface area contributed by atoms with Crippen molar-refractivity contribution in [3.05, 3.63) is 84.4 Å². The van der Waals surface area contributed by atoms with Crippen LogP contribution in [0.15, 0.2) is 78.9 Å². The van der Waals surface area contributed by atoms with Gasteiger partial charge < -0.3 is 9.47 Å². The number of carbonyl (C=O) groups excluding carboxylic acids is 2. The Hall–Kier alpha value is -4.01. The summed E-state index contributed by atoms with van der Waals surface area (Å²) >= 11 is 0. The molecule has 0 spiro atoms. The van der Waals surface area contributed by atoms with Crippen molar-refractivity contribution < 1.29 is 32.2 Å². The highest BCUT2D eigenvalue weighted by molar-refractivity contribution is 5.84. The largest absolute Gasteiger partial charge is 0.573 e. The second-order valence-corrected chi connectivity index (χ2v) is 6.62. The van der Waals surface area contributed by atoms with Crippen LogP contribution < -0.4 is 20.3 Å². The van der Waals surface area contributed by atoms with E-state index in [1.165, 1.54) is 12.1 Å². The number of halogens is 3. The maximum Gasteiger partial charge on any atom is 0.573 e. The number of nitrogens with one attached hydrogen (secondary N) is 2. The summed E-state index contributed by atoms with van der Waals surface area (Å²) in [6, 6.07) is 21.6. The molecule has 3 aromatic carbocycles. The summed E-state index contributed by atoms with van der Waals surface area (Å²) in [7, 11) is 0. The fourth-order valence-electron chi connectivity index (χ4n) is 2.81. The highest BCUT2D eigenvalue weighted by Crippen LogP contribution is 2.29. The maximum atomic E-state index is 12.2. The second kappa shape index (κ2) is 10.3. The van der Waals surface area contributed by atoms with Gasteiger partial charge in [0.15, 0.2) is 6.61 Å². The van der Waals surface area contributed by atoms with E-state index < -0.39 is 18.2 Å². The Morgan fingerprint density at radius 2 is 1.41 bits per heavy atom. The van der Waals surface area contributed by atoms with Crippen LogP contribution in [-0.4, -0.2) is 24.8 Å². The number of alkyl halides is 3. The van der Waals surface area contributed by atoms with Gasteiger partial charge in [-0.15, -0.1) is 13.2 Å². The van der Waals surface area contributed by atoms with Gasteiger partial charge in [0.05, 0.1) is 6.42 Å². The molecule has 0 aliphatic heterocycles. The minimum absolute atomic E-state index is 0.149. The normalized spacial score (nSPS) is 10.8. The zero-order valence-electron chi connectivity index (χ0n) is 16.7. The molecule has 0 aliphatic rings. The molecule has 2 amide bonds. The summed E-state index contributed by atoms with van der Waals surface area (Å²) in [5, 5.41) is 0. The molecule has 0 aromatic heterocycles. The van der Waals surface area contributed by atoms with Crippen LogP contribution in [0.4, 0.5) is 13.2 Å². The standard InChI is InChI=1S/C23H19F3N2O4/c24-23(25,26)32-18-12-10-16(11-13-18)14-21(29)27-28-22(30)15-31-20-9-5-4-8-19(20)17-6-2-1-3-7-17/h1-13H,14-15H2,(H,27,29)(H,28,30). The van der Waals surface area contributed by atoms with E-state index in [4.69, 9.17) is 4.74 Å². The highest BCUT2D eigenvalue weighted by Gasteiger charge is 2.30. The summed E-state index contributed by atoms with van der Waals surface area (Å²) in [6.07, 6.45) is -4.93. The van der Waals surface area contributed by atoms with E-state index in [0.717, 1.165) is 23.3 Å². The number of para-hydroxylation sites is 1. The summed E-state index contributed by atoms with van der Waals surface area (Å²) in [4.78, 5) is 24.0. The third-order valence-electron chi connectivity index (χ3n) is 4.19. The molecule has 9 heteroatoms. The summed E-state index contributed by atoms with van der Waals surface area (Å²) in [5.41, 5.74) is 6.67. The van der Waals surface area contributed by atoms with E-state index >= 15 is 0 Å². The topological polar surface area (TPSA) is 76.7 Å². The fourth-order valence-corrected chi connectivity index (χ4v) is 2.81.